The Bertz CT molecular complexity index is 2400. The molecule has 0 saturated heterocycles. The summed E-state index contributed by atoms with van der Waals surface area (Å²) < 4.78 is 0. The number of rotatable bonds is 6. The van der Waals surface area contributed by atoms with Gasteiger partial charge in [-0.3, -0.25) is 0 Å². The van der Waals surface area contributed by atoms with E-state index in [1.165, 1.54) is 27.8 Å². The fourth-order valence-electron chi connectivity index (χ4n) is 6.48. The molecule has 6 heteroatoms. The maximum absolute atomic E-state index is 5.03. The number of benzene rings is 6. The molecule has 0 atom stereocenters. The van der Waals surface area contributed by atoms with Crippen molar-refractivity contribution in [3.63, 3.8) is 0 Å². The van der Waals surface area contributed by atoms with Crippen LogP contribution >= 0.6 is 0 Å². The molecule has 230 valence electrons. The highest BCUT2D eigenvalue weighted by Gasteiger charge is 2.22. The Balaban J connectivity index is 1.21. The van der Waals surface area contributed by atoms with E-state index < -0.39 is 0 Å². The van der Waals surface area contributed by atoms with Gasteiger partial charge in [0.25, 0.3) is 0 Å². The lowest BCUT2D eigenvalue weighted by Gasteiger charge is -2.12. The summed E-state index contributed by atoms with van der Waals surface area (Å²) in [5.74, 6) is 2.95. The van der Waals surface area contributed by atoms with Gasteiger partial charge in [0.15, 0.2) is 23.3 Å². The van der Waals surface area contributed by atoms with Crippen molar-refractivity contribution in [3.05, 3.63) is 169 Å². The van der Waals surface area contributed by atoms with Crippen LogP contribution in [0.3, 0.4) is 0 Å². The van der Waals surface area contributed by atoms with E-state index in [9.17, 15) is 0 Å². The number of hydrogen-bond acceptors (Lipinski definition) is 6. The number of fused-ring (bicyclic) bond motifs is 3. The minimum Gasteiger partial charge on any atom is -0.208 e. The zero-order chi connectivity index (χ0) is 32.6. The molecule has 0 saturated carbocycles. The van der Waals surface area contributed by atoms with Crippen molar-refractivity contribution >= 4 is 0 Å². The molecular weight excluding hydrogens is 601 g/mol. The monoisotopic (exact) mass is 628 g/mol. The topological polar surface area (TPSA) is 77.3 Å². The van der Waals surface area contributed by atoms with Crippen LogP contribution in [0.1, 0.15) is 11.1 Å². The summed E-state index contributed by atoms with van der Waals surface area (Å²) in [6.45, 7) is 0. The molecule has 1 aliphatic carbocycles. The first kappa shape index (κ1) is 28.6. The van der Waals surface area contributed by atoms with Crippen LogP contribution in [-0.2, 0) is 6.42 Å². The SMILES string of the molecule is c1ccc(-c2nc(-c3ccccc3)nc(-c3nc(-c4ccccc4)nc(-c4cccc(-c5cccc6c5Cc5ccccc5-6)c4)n3)n2)cc1. The van der Waals surface area contributed by atoms with E-state index in [0.29, 0.717) is 34.9 Å². The summed E-state index contributed by atoms with van der Waals surface area (Å²) in [5.41, 5.74) is 11.2. The summed E-state index contributed by atoms with van der Waals surface area (Å²) in [7, 11) is 0. The van der Waals surface area contributed by atoms with Crippen molar-refractivity contribution in [1.29, 1.82) is 0 Å². The molecule has 49 heavy (non-hydrogen) atoms. The van der Waals surface area contributed by atoms with Crippen molar-refractivity contribution in [3.8, 4) is 79.5 Å². The van der Waals surface area contributed by atoms with Gasteiger partial charge in [-0.05, 0) is 45.9 Å². The van der Waals surface area contributed by atoms with Crippen LogP contribution in [0.15, 0.2) is 158 Å². The van der Waals surface area contributed by atoms with E-state index >= 15 is 0 Å². The first-order chi connectivity index (χ1) is 24.3. The molecule has 0 bridgehead atoms. The van der Waals surface area contributed by atoms with Crippen LogP contribution in [0.5, 0.6) is 0 Å². The molecule has 2 aromatic heterocycles. The molecule has 0 unspecified atom stereocenters. The first-order valence-corrected chi connectivity index (χ1v) is 16.3. The van der Waals surface area contributed by atoms with Crippen molar-refractivity contribution in [2.24, 2.45) is 0 Å². The second kappa shape index (κ2) is 12.2. The van der Waals surface area contributed by atoms with E-state index in [4.69, 9.17) is 29.9 Å². The predicted octanol–water partition coefficient (Wildman–Crippen LogP) is 9.63. The summed E-state index contributed by atoms with van der Waals surface area (Å²) in [4.78, 5) is 29.7. The molecule has 0 radical (unpaired) electrons. The molecule has 1 aliphatic rings. The third-order valence-electron chi connectivity index (χ3n) is 8.85. The van der Waals surface area contributed by atoms with Gasteiger partial charge < -0.3 is 0 Å². The molecule has 8 aromatic rings. The van der Waals surface area contributed by atoms with Crippen molar-refractivity contribution < 1.29 is 0 Å². The largest absolute Gasteiger partial charge is 0.208 e. The van der Waals surface area contributed by atoms with Gasteiger partial charge in [0.1, 0.15) is 0 Å². The molecule has 2 heterocycles. The number of nitrogens with zero attached hydrogens (tertiary/aromatic N) is 6. The Morgan fingerprint density at radius 1 is 0.286 bits per heavy atom. The maximum atomic E-state index is 5.03. The zero-order valence-electron chi connectivity index (χ0n) is 26.4. The minimum atomic E-state index is 0.377. The van der Waals surface area contributed by atoms with Gasteiger partial charge in [0.05, 0.1) is 0 Å². The summed E-state index contributed by atoms with van der Waals surface area (Å²) >= 11 is 0. The second-order valence-electron chi connectivity index (χ2n) is 12.0. The molecular formula is C43H28N6. The van der Waals surface area contributed by atoms with Crippen LogP contribution in [-0.4, -0.2) is 29.9 Å². The number of hydrogen-bond donors (Lipinski definition) is 0. The maximum Gasteiger partial charge on any atom is 0.202 e. The van der Waals surface area contributed by atoms with E-state index in [2.05, 4.69) is 60.7 Å². The molecule has 0 N–H and O–H groups in total. The highest BCUT2D eigenvalue weighted by atomic mass is 15.1. The van der Waals surface area contributed by atoms with Gasteiger partial charge in [0, 0.05) is 22.3 Å². The van der Waals surface area contributed by atoms with Crippen LogP contribution in [0.25, 0.3) is 79.5 Å². The zero-order valence-corrected chi connectivity index (χ0v) is 26.4. The van der Waals surface area contributed by atoms with Gasteiger partial charge in [-0.2, -0.15) is 0 Å². The Kier molecular flexibility index (Phi) is 7.09. The lowest BCUT2D eigenvalue weighted by Crippen LogP contribution is -2.05. The van der Waals surface area contributed by atoms with Gasteiger partial charge in [-0.1, -0.05) is 152 Å². The summed E-state index contributed by atoms with van der Waals surface area (Å²) in [5, 5.41) is 0. The standard InChI is InChI=1S/C43H28N6/c1-4-14-28(15-5-1)38-44-39(29-16-6-2-7-17-29)47-42(46-38)43-48-40(30-18-8-3-9-19-30)45-41(49-43)33-22-12-21-31(26-33)35-24-13-25-36-34-23-11-10-20-32(34)27-37(35)36/h1-26H,27H2. The van der Waals surface area contributed by atoms with E-state index in [1.807, 2.05) is 97.1 Å². The summed E-state index contributed by atoms with van der Waals surface area (Å²) in [6, 6.07) is 53.5. The van der Waals surface area contributed by atoms with Crippen LogP contribution in [0.2, 0.25) is 0 Å². The van der Waals surface area contributed by atoms with Gasteiger partial charge in [-0.15, -0.1) is 0 Å². The second-order valence-corrected chi connectivity index (χ2v) is 12.0. The average Bonchev–Trinajstić information content (AvgIpc) is 3.58. The van der Waals surface area contributed by atoms with Crippen LogP contribution in [0, 0.1) is 0 Å². The van der Waals surface area contributed by atoms with E-state index in [0.717, 1.165) is 34.2 Å². The lowest BCUT2D eigenvalue weighted by atomic mass is 9.94. The van der Waals surface area contributed by atoms with Crippen molar-refractivity contribution in [1.82, 2.24) is 29.9 Å². The van der Waals surface area contributed by atoms with E-state index in [-0.39, 0.29) is 0 Å². The van der Waals surface area contributed by atoms with Crippen LogP contribution < -0.4 is 0 Å². The Morgan fingerprint density at radius 3 is 1.24 bits per heavy atom. The highest BCUT2D eigenvalue weighted by molar-refractivity contribution is 5.85. The molecule has 0 spiro atoms. The fourth-order valence-corrected chi connectivity index (χ4v) is 6.48. The Morgan fingerprint density at radius 2 is 0.673 bits per heavy atom. The van der Waals surface area contributed by atoms with E-state index in [1.54, 1.807) is 0 Å². The van der Waals surface area contributed by atoms with Crippen LogP contribution in [0.4, 0.5) is 0 Å². The lowest BCUT2D eigenvalue weighted by molar-refractivity contribution is 1.00. The normalized spacial score (nSPS) is 11.6. The smallest absolute Gasteiger partial charge is 0.202 e. The molecule has 6 aromatic carbocycles. The average molecular weight is 629 g/mol. The Hall–Kier alpha value is -6.66. The quantitative estimate of drug-likeness (QED) is 0.182. The molecule has 0 aliphatic heterocycles. The summed E-state index contributed by atoms with van der Waals surface area (Å²) in [6.07, 6.45) is 0.910. The van der Waals surface area contributed by atoms with Gasteiger partial charge >= 0.3 is 0 Å². The van der Waals surface area contributed by atoms with Gasteiger partial charge in [-0.25, -0.2) is 29.9 Å². The molecule has 0 fully saturated rings. The first-order valence-electron chi connectivity index (χ1n) is 16.3. The molecule has 6 nitrogen and oxygen atoms in total. The minimum absolute atomic E-state index is 0.377. The fraction of sp³-hybridized carbons (Fsp3) is 0.0233. The van der Waals surface area contributed by atoms with Gasteiger partial charge in [0.2, 0.25) is 11.6 Å². The third-order valence-corrected chi connectivity index (χ3v) is 8.85. The predicted molar refractivity (Wildman–Crippen MR) is 194 cm³/mol. The highest BCUT2D eigenvalue weighted by Crippen LogP contribution is 2.42. The van der Waals surface area contributed by atoms with Crippen molar-refractivity contribution in [2.45, 2.75) is 6.42 Å². The Labute approximate surface area is 284 Å². The third kappa shape index (κ3) is 5.45. The molecule has 0 amide bonds. The molecule has 9 rings (SSSR count). The number of aromatic nitrogens is 6. The van der Waals surface area contributed by atoms with Crippen molar-refractivity contribution in [2.75, 3.05) is 0 Å².